The van der Waals surface area contributed by atoms with Gasteiger partial charge in [0, 0.05) is 10.0 Å². The first-order valence-corrected chi connectivity index (χ1v) is 10.9. The van der Waals surface area contributed by atoms with Crippen LogP contribution in [0.4, 0.5) is 14.5 Å². The molecule has 0 atom stereocenters. The summed E-state index contributed by atoms with van der Waals surface area (Å²) in [5, 5.41) is 2.20. The number of thiocarbonyl (C=S) groups is 1. The van der Waals surface area contributed by atoms with E-state index in [2.05, 4.69) is 21.2 Å². The maximum absolute atomic E-state index is 14.3. The van der Waals surface area contributed by atoms with Crippen LogP contribution < -0.4 is 15.0 Å². The van der Waals surface area contributed by atoms with E-state index in [9.17, 15) is 18.4 Å². The predicted molar refractivity (Wildman–Crippen MR) is 127 cm³/mol. The van der Waals surface area contributed by atoms with Crippen molar-refractivity contribution < 1.29 is 23.1 Å². The Morgan fingerprint density at radius 3 is 2.58 bits per heavy atom. The van der Waals surface area contributed by atoms with E-state index in [4.69, 9.17) is 17.0 Å². The van der Waals surface area contributed by atoms with E-state index in [0.29, 0.717) is 21.3 Å². The van der Waals surface area contributed by atoms with Crippen LogP contribution in [-0.4, -0.2) is 16.9 Å². The Balaban J connectivity index is 1.69. The van der Waals surface area contributed by atoms with Gasteiger partial charge < -0.3 is 4.74 Å². The number of anilines is 1. The molecule has 1 saturated heterocycles. The van der Waals surface area contributed by atoms with Gasteiger partial charge in [0.2, 0.25) is 0 Å². The molecule has 0 bridgehead atoms. The lowest BCUT2D eigenvalue weighted by Gasteiger charge is -2.29. The average Bonchev–Trinajstić information content (AvgIpc) is 2.77. The third-order valence-electron chi connectivity index (χ3n) is 4.75. The Morgan fingerprint density at radius 2 is 1.82 bits per heavy atom. The zero-order valence-corrected chi connectivity index (χ0v) is 19.3. The van der Waals surface area contributed by atoms with E-state index < -0.39 is 17.6 Å². The second kappa shape index (κ2) is 9.60. The van der Waals surface area contributed by atoms with Crippen LogP contribution in [0.1, 0.15) is 11.1 Å². The molecule has 1 aliphatic rings. The highest BCUT2D eigenvalue weighted by Gasteiger charge is 2.35. The zero-order valence-electron chi connectivity index (χ0n) is 16.8. The minimum atomic E-state index is -0.773. The summed E-state index contributed by atoms with van der Waals surface area (Å²) in [6, 6.07) is 16.6. The number of hydrogen-bond donors (Lipinski definition) is 1. The molecular weight excluding hydrogens is 514 g/mol. The molecule has 33 heavy (non-hydrogen) atoms. The number of rotatable bonds is 5. The number of nitrogens with one attached hydrogen (secondary N) is 1. The van der Waals surface area contributed by atoms with Crippen molar-refractivity contribution in [1.82, 2.24) is 5.32 Å². The maximum atomic E-state index is 14.3. The van der Waals surface area contributed by atoms with Crippen LogP contribution in [0.25, 0.3) is 6.08 Å². The second-order valence-electron chi connectivity index (χ2n) is 7.01. The third-order valence-corrected chi connectivity index (χ3v) is 5.53. The SMILES string of the molecule is O=C1NC(=S)N(c2ccccc2F)C(=O)/C1=C/c1cc(Br)ccc1OCc1cccc(F)c1. The zero-order chi connectivity index (χ0) is 23.5. The Kier molecular flexibility index (Phi) is 6.62. The molecule has 2 amide bonds. The van der Waals surface area contributed by atoms with Crippen LogP contribution >= 0.6 is 28.1 Å². The van der Waals surface area contributed by atoms with Gasteiger partial charge in [-0.1, -0.05) is 40.2 Å². The molecule has 4 rings (SSSR count). The van der Waals surface area contributed by atoms with Crippen molar-refractivity contribution >= 4 is 56.8 Å². The number of hydrogen-bond acceptors (Lipinski definition) is 4. The molecule has 3 aromatic carbocycles. The first-order valence-electron chi connectivity index (χ1n) is 9.66. The highest BCUT2D eigenvalue weighted by molar-refractivity contribution is 9.10. The Morgan fingerprint density at radius 1 is 1.03 bits per heavy atom. The van der Waals surface area contributed by atoms with Crippen molar-refractivity contribution in [3.8, 4) is 5.75 Å². The number of benzene rings is 3. The molecule has 166 valence electrons. The lowest BCUT2D eigenvalue weighted by atomic mass is 10.1. The molecule has 0 radical (unpaired) electrons. The summed E-state index contributed by atoms with van der Waals surface area (Å²) in [7, 11) is 0. The normalized spacial score (nSPS) is 15.1. The van der Waals surface area contributed by atoms with Gasteiger partial charge in [-0.05, 0) is 66.3 Å². The molecule has 1 fully saturated rings. The van der Waals surface area contributed by atoms with Crippen molar-refractivity contribution in [2.75, 3.05) is 4.90 Å². The fourth-order valence-electron chi connectivity index (χ4n) is 3.22. The molecule has 5 nitrogen and oxygen atoms in total. The highest BCUT2D eigenvalue weighted by Crippen LogP contribution is 2.29. The van der Waals surface area contributed by atoms with Gasteiger partial charge in [-0.2, -0.15) is 0 Å². The molecule has 1 N–H and O–H groups in total. The molecule has 1 aliphatic heterocycles. The lowest BCUT2D eigenvalue weighted by molar-refractivity contribution is -0.122. The smallest absolute Gasteiger partial charge is 0.270 e. The topological polar surface area (TPSA) is 58.6 Å². The van der Waals surface area contributed by atoms with Crippen LogP contribution in [0.15, 0.2) is 76.8 Å². The number of para-hydroxylation sites is 1. The van der Waals surface area contributed by atoms with Crippen LogP contribution in [-0.2, 0) is 16.2 Å². The van der Waals surface area contributed by atoms with Gasteiger partial charge in [0.05, 0.1) is 5.69 Å². The van der Waals surface area contributed by atoms with Crippen LogP contribution in [0.2, 0.25) is 0 Å². The number of ether oxygens (including phenoxy) is 1. The van der Waals surface area contributed by atoms with E-state index in [0.717, 1.165) is 4.90 Å². The van der Waals surface area contributed by atoms with Crippen LogP contribution in [0, 0.1) is 11.6 Å². The number of nitrogens with zero attached hydrogens (tertiary/aromatic N) is 1. The maximum Gasteiger partial charge on any atom is 0.270 e. The molecule has 1 heterocycles. The highest BCUT2D eigenvalue weighted by atomic mass is 79.9. The van der Waals surface area contributed by atoms with Crippen molar-refractivity contribution in [1.29, 1.82) is 0 Å². The van der Waals surface area contributed by atoms with Gasteiger partial charge in [-0.15, -0.1) is 0 Å². The Labute approximate surface area is 201 Å². The molecule has 9 heteroatoms. The summed E-state index contributed by atoms with van der Waals surface area (Å²) in [5.74, 6) is -2.17. The van der Waals surface area contributed by atoms with Crippen molar-refractivity contribution in [2.24, 2.45) is 0 Å². The summed E-state index contributed by atoms with van der Waals surface area (Å²) in [6.45, 7) is 0.0706. The molecule has 0 unspecified atom stereocenters. The van der Waals surface area contributed by atoms with Gasteiger partial charge in [-0.25, -0.2) is 13.7 Å². The number of halogens is 3. The van der Waals surface area contributed by atoms with Gasteiger partial charge >= 0.3 is 0 Å². The van der Waals surface area contributed by atoms with E-state index in [-0.39, 0.29) is 28.8 Å². The lowest BCUT2D eigenvalue weighted by Crippen LogP contribution is -2.54. The summed E-state index contributed by atoms with van der Waals surface area (Å²) in [6.07, 6.45) is 1.35. The summed E-state index contributed by atoms with van der Waals surface area (Å²) < 4.78 is 34.3. The number of carbonyl (C=O) groups excluding carboxylic acids is 2. The second-order valence-corrected chi connectivity index (χ2v) is 8.31. The van der Waals surface area contributed by atoms with Gasteiger partial charge in [-0.3, -0.25) is 14.9 Å². The molecule has 0 aromatic heterocycles. The third kappa shape index (κ3) is 4.99. The Bertz CT molecular complexity index is 1310. The predicted octanol–water partition coefficient (Wildman–Crippen LogP) is 5.14. The van der Waals surface area contributed by atoms with E-state index >= 15 is 0 Å². The standard InChI is InChI=1S/C24H15BrF2N2O3S/c25-16-8-9-21(32-13-14-4-3-5-17(26)10-14)15(11-16)12-18-22(30)28-24(33)29(23(18)31)20-7-2-1-6-19(20)27/h1-12H,13H2,(H,28,30,33)/b18-12+. The van der Waals surface area contributed by atoms with Crippen molar-refractivity contribution in [2.45, 2.75) is 6.61 Å². The fourth-order valence-corrected chi connectivity index (χ4v) is 3.87. The first-order chi connectivity index (χ1) is 15.8. The molecule has 0 saturated carbocycles. The van der Waals surface area contributed by atoms with Crippen molar-refractivity contribution in [3.05, 3.63) is 99.5 Å². The van der Waals surface area contributed by atoms with Gasteiger partial charge in [0.25, 0.3) is 11.8 Å². The van der Waals surface area contributed by atoms with Gasteiger partial charge in [0.1, 0.15) is 29.6 Å². The molecule has 3 aromatic rings. The first kappa shape index (κ1) is 22.8. The minimum Gasteiger partial charge on any atom is -0.488 e. The average molecular weight is 529 g/mol. The number of carbonyl (C=O) groups is 2. The van der Waals surface area contributed by atoms with Gasteiger partial charge in [0.15, 0.2) is 5.11 Å². The quantitative estimate of drug-likeness (QED) is 0.283. The Hall–Kier alpha value is -3.43. The monoisotopic (exact) mass is 528 g/mol. The molecule has 0 spiro atoms. The summed E-state index contributed by atoms with van der Waals surface area (Å²) in [5.41, 5.74) is 0.704. The van der Waals surface area contributed by atoms with Crippen LogP contribution in [0.3, 0.4) is 0 Å². The van der Waals surface area contributed by atoms with E-state index in [1.807, 2.05) is 0 Å². The summed E-state index contributed by atoms with van der Waals surface area (Å²) in [4.78, 5) is 26.7. The van der Waals surface area contributed by atoms with Crippen molar-refractivity contribution in [3.63, 3.8) is 0 Å². The largest absolute Gasteiger partial charge is 0.488 e. The van der Waals surface area contributed by atoms with Crippen LogP contribution in [0.5, 0.6) is 5.75 Å². The summed E-state index contributed by atoms with van der Waals surface area (Å²) >= 11 is 8.47. The minimum absolute atomic E-state index is 0.0706. The fraction of sp³-hybridized carbons (Fsp3) is 0.0417. The van der Waals surface area contributed by atoms with E-state index in [1.54, 1.807) is 36.4 Å². The van der Waals surface area contributed by atoms with E-state index in [1.165, 1.54) is 36.4 Å². The number of amides is 2. The molecular formula is C24H15BrF2N2O3S. The molecule has 0 aliphatic carbocycles.